The summed E-state index contributed by atoms with van der Waals surface area (Å²) in [7, 11) is 0. The Kier molecular flexibility index (Phi) is 7.80. The van der Waals surface area contributed by atoms with Crippen LogP contribution in [0.5, 0.6) is 17.2 Å². The van der Waals surface area contributed by atoms with Crippen molar-refractivity contribution in [3.63, 3.8) is 0 Å². The summed E-state index contributed by atoms with van der Waals surface area (Å²) in [4.78, 5) is 22.0. The van der Waals surface area contributed by atoms with Crippen LogP contribution in [0.15, 0.2) is 48.5 Å². The van der Waals surface area contributed by atoms with Crippen LogP contribution < -0.4 is 19.5 Å². The van der Waals surface area contributed by atoms with E-state index in [1.54, 1.807) is 0 Å². The van der Waals surface area contributed by atoms with Gasteiger partial charge in [0.05, 0.1) is 6.54 Å². The molecule has 0 saturated carbocycles. The average Bonchev–Trinajstić information content (AvgIpc) is 2.85. The van der Waals surface area contributed by atoms with E-state index in [0.717, 1.165) is 34.4 Å². The molecule has 0 saturated heterocycles. The molecule has 3 aromatic carbocycles. The lowest BCUT2D eigenvalue weighted by Crippen LogP contribution is -2.24. The van der Waals surface area contributed by atoms with E-state index in [9.17, 15) is 18.4 Å². The zero-order valence-electron chi connectivity index (χ0n) is 19.6. The van der Waals surface area contributed by atoms with E-state index in [4.69, 9.17) is 19.3 Å². The molecule has 0 aliphatic carbocycles. The lowest BCUT2D eigenvalue weighted by atomic mass is 9.96. The van der Waals surface area contributed by atoms with Crippen LogP contribution in [0, 0.1) is 18.6 Å². The molecule has 2 N–H and O–H groups in total. The van der Waals surface area contributed by atoms with Crippen LogP contribution in [0.25, 0.3) is 11.1 Å². The first kappa shape index (κ1) is 25.1. The van der Waals surface area contributed by atoms with Crippen molar-refractivity contribution in [3.05, 3.63) is 76.9 Å². The van der Waals surface area contributed by atoms with Gasteiger partial charge in [0, 0.05) is 18.2 Å². The van der Waals surface area contributed by atoms with Gasteiger partial charge in [-0.3, -0.25) is 9.59 Å². The van der Waals surface area contributed by atoms with Crippen molar-refractivity contribution in [1.82, 2.24) is 5.32 Å². The topological polar surface area (TPSA) is 94.1 Å². The zero-order chi connectivity index (χ0) is 25.7. The minimum absolute atomic E-state index is 0.000221. The smallest absolute Gasteiger partial charge is 0.310 e. The van der Waals surface area contributed by atoms with E-state index in [1.807, 2.05) is 43.3 Å². The zero-order valence-corrected chi connectivity index (χ0v) is 19.6. The standard InChI is InChI=1S/C27H25F2NO6/c1-16-18(3-2-4-21(16)17-5-6-24-26(10-17)35-8-7-34-24)15-36-25-12-22(28)19(9-23(25)29)13-30-14-20(31)11-27(32)33/h2-6,9-10,12,30H,7-8,11,13-15H2,1H3,(H,32,33). The molecular formula is C27H25F2NO6. The number of Topliss-reactive ketones (excluding diaryl/α,β-unsaturated/α-hetero) is 1. The van der Waals surface area contributed by atoms with E-state index in [0.29, 0.717) is 24.7 Å². The Morgan fingerprint density at radius 1 is 1.00 bits per heavy atom. The number of hydrogen-bond acceptors (Lipinski definition) is 6. The normalized spacial score (nSPS) is 12.3. The summed E-state index contributed by atoms with van der Waals surface area (Å²) in [6.45, 7) is 2.57. The number of carbonyl (C=O) groups excluding carboxylic acids is 1. The highest BCUT2D eigenvalue weighted by Gasteiger charge is 2.16. The minimum atomic E-state index is -1.24. The van der Waals surface area contributed by atoms with Crippen LogP contribution in [0.2, 0.25) is 0 Å². The van der Waals surface area contributed by atoms with Crippen molar-refractivity contribution in [2.24, 2.45) is 0 Å². The van der Waals surface area contributed by atoms with Crippen molar-refractivity contribution in [3.8, 4) is 28.4 Å². The number of ether oxygens (including phenoxy) is 3. The van der Waals surface area contributed by atoms with Gasteiger partial charge in [0.2, 0.25) is 0 Å². The number of benzene rings is 3. The first-order chi connectivity index (χ1) is 17.3. The van der Waals surface area contributed by atoms with Crippen molar-refractivity contribution in [1.29, 1.82) is 0 Å². The van der Waals surface area contributed by atoms with Crippen LogP contribution in [0.1, 0.15) is 23.1 Å². The number of ketones is 1. The lowest BCUT2D eigenvalue weighted by molar-refractivity contribution is -0.140. The van der Waals surface area contributed by atoms with E-state index in [-0.39, 0.29) is 31.0 Å². The van der Waals surface area contributed by atoms with Gasteiger partial charge in [-0.2, -0.15) is 0 Å². The number of carboxylic acids is 1. The second kappa shape index (κ2) is 11.2. The first-order valence-corrected chi connectivity index (χ1v) is 11.3. The van der Waals surface area contributed by atoms with Crippen molar-refractivity contribution in [2.45, 2.75) is 26.5 Å². The largest absolute Gasteiger partial charge is 0.486 e. The maximum Gasteiger partial charge on any atom is 0.310 e. The molecule has 4 rings (SSSR count). The highest BCUT2D eigenvalue weighted by molar-refractivity contribution is 5.95. The summed E-state index contributed by atoms with van der Waals surface area (Å²) in [5.74, 6) is -2.10. The molecule has 0 aromatic heterocycles. The van der Waals surface area contributed by atoms with Gasteiger partial charge in [-0.25, -0.2) is 8.78 Å². The lowest BCUT2D eigenvalue weighted by Gasteiger charge is -2.20. The quantitative estimate of drug-likeness (QED) is 0.401. The number of carboxylic acid groups (broad SMARTS) is 1. The average molecular weight is 497 g/mol. The number of fused-ring (bicyclic) bond motifs is 1. The minimum Gasteiger partial charge on any atom is -0.486 e. The van der Waals surface area contributed by atoms with Crippen LogP contribution in [-0.4, -0.2) is 36.6 Å². The Morgan fingerprint density at radius 2 is 1.78 bits per heavy atom. The summed E-state index contributed by atoms with van der Waals surface area (Å²) in [6, 6.07) is 13.4. The number of halogens is 2. The Bertz CT molecular complexity index is 1290. The van der Waals surface area contributed by atoms with Gasteiger partial charge in [0.25, 0.3) is 0 Å². The molecule has 0 amide bonds. The summed E-state index contributed by atoms with van der Waals surface area (Å²) in [6.07, 6.45) is -0.633. The summed E-state index contributed by atoms with van der Waals surface area (Å²) < 4.78 is 46.0. The molecule has 1 aliphatic rings. The fourth-order valence-corrected chi connectivity index (χ4v) is 3.90. The third kappa shape index (κ3) is 5.98. The van der Waals surface area contributed by atoms with E-state index < -0.39 is 29.8 Å². The second-order valence-electron chi connectivity index (χ2n) is 8.32. The van der Waals surface area contributed by atoms with Gasteiger partial charge >= 0.3 is 5.97 Å². The molecule has 0 spiro atoms. The highest BCUT2D eigenvalue weighted by Crippen LogP contribution is 2.36. The molecule has 188 valence electrons. The molecule has 9 heteroatoms. The molecule has 36 heavy (non-hydrogen) atoms. The molecule has 0 fully saturated rings. The molecule has 0 unspecified atom stereocenters. The van der Waals surface area contributed by atoms with Gasteiger partial charge in [-0.15, -0.1) is 0 Å². The van der Waals surface area contributed by atoms with Gasteiger partial charge in [0.1, 0.15) is 32.1 Å². The van der Waals surface area contributed by atoms with Crippen molar-refractivity contribution in [2.75, 3.05) is 19.8 Å². The Labute approximate surface area is 206 Å². The molecule has 0 bridgehead atoms. The third-order valence-electron chi connectivity index (χ3n) is 5.77. The summed E-state index contributed by atoms with van der Waals surface area (Å²) in [5.41, 5.74) is 3.64. The van der Waals surface area contributed by atoms with Gasteiger partial charge in [-0.05, 0) is 47.4 Å². The van der Waals surface area contributed by atoms with E-state index >= 15 is 0 Å². The maximum absolute atomic E-state index is 14.6. The van der Waals surface area contributed by atoms with Crippen molar-refractivity contribution < 1.29 is 37.7 Å². The summed E-state index contributed by atoms with van der Waals surface area (Å²) in [5, 5.41) is 11.2. The molecule has 1 heterocycles. The summed E-state index contributed by atoms with van der Waals surface area (Å²) >= 11 is 0. The molecule has 7 nitrogen and oxygen atoms in total. The van der Waals surface area contributed by atoms with Crippen molar-refractivity contribution >= 4 is 11.8 Å². The molecule has 0 radical (unpaired) electrons. The first-order valence-electron chi connectivity index (χ1n) is 11.3. The SMILES string of the molecule is Cc1c(COc2cc(F)c(CNCC(=O)CC(=O)O)cc2F)cccc1-c1ccc2c(c1)OCCO2. The van der Waals surface area contributed by atoms with Gasteiger partial charge in [0.15, 0.2) is 28.8 Å². The maximum atomic E-state index is 14.6. The molecule has 3 aromatic rings. The van der Waals surface area contributed by atoms with Gasteiger partial charge < -0.3 is 24.6 Å². The van der Waals surface area contributed by atoms with Gasteiger partial charge in [-0.1, -0.05) is 24.3 Å². The third-order valence-corrected chi connectivity index (χ3v) is 5.77. The number of aliphatic carboxylic acids is 1. The number of carbonyl (C=O) groups is 2. The fraction of sp³-hybridized carbons (Fsp3) is 0.259. The van der Waals surface area contributed by atoms with Crippen LogP contribution >= 0.6 is 0 Å². The Hall–Kier alpha value is -3.98. The predicted octanol–water partition coefficient (Wildman–Crippen LogP) is 4.42. The Balaban J connectivity index is 1.43. The number of rotatable bonds is 10. The monoisotopic (exact) mass is 497 g/mol. The number of hydrogen-bond donors (Lipinski definition) is 2. The van der Waals surface area contributed by atoms with Crippen LogP contribution in [-0.2, 0) is 22.7 Å². The van der Waals surface area contributed by atoms with Crippen LogP contribution in [0.4, 0.5) is 8.78 Å². The van der Waals surface area contributed by atoms with E-state index in [2.05, 4.69) is 5.32 Å². The van der Waals surface area contributed by atoms with Crippen LogP contribution in [0.3, 0.4) is 0 Å². The molecular weight excluding hydrogens is 472 g/mol. The number of nitrogens with one attached hydrogen (secondary N) is 1. The Morgan fingerprint density at radius 3 is 2.56 bits per heavy atom. The highest BCUT2D eigenvalue weighted by atomic mass is 19.1. The molecule has 1 aliphatic heterocycles. The fourth-order valence-electron chi connectivity index (χ4n) is 3.90. The predicted molar refractivity (Wildman–Crippen MR) is 127 cm³/mol. The second-order valence-corrected chi connectivity index (χ2v) is 8.32. The molecule has 0 atom stereocenters. The van der Waals surface area contributed by atoms with E-state index in [1.165, 1.54) is 0 Å².